The van der Waals surface area contributed by atoms with Gasteiger partial charge in [0.25, 0.3) is 0 Å². The number of fused-ring (bicyclic) bond motifs is 1. The van der Waals surface area contributed by atoms with Gasteiger partial charge in [0.1, 0.15) is 0 Å². The van der Waals surface area contributed by atoms with Crippen molar-refractivity contribution in [3.8, 4) is 0 Å². The van der Waals surface area contributed by atoms with E-state index in [0.29, 0.717) is 16.6 Å². The number of carbonyl (C=O) groups is 1. The van der Waals surface area contributed by atoms with Gasteiger partial charge in [-0.3, -0.25) is 14.8 Å². The number of benzene rings is 1. The fourth-order valence-corrected chi connectivity index (χ4v) is 1.10. The van der Waals surface area contributed by atoms with E-state index >= 15 is 0 Å². The lowest BCUT2D eigenvalue weighted by atomic mass is 10.1. The van der Waals surface area contributed by atoms with Crippen molar-refractivity contribution in [3.63, 3.8) is 0 Å². The number of hydrogen-bond acceptors (Lipinski definition) is 3. The normalized spacial score (nSPS) is 12.4. The Kier molecular flexibility index (Phi) is 1.31. The van der Waals surface area contributed by atoms with Crippen molar-refractivity contribution in [2.24, 2.45) is 0 Å². The van der Waals surface area contributed by atoms with Gasteiger partial charge < -0.3 is 0 Å². The lowest BCUT2D eigenvalue weighted by Gasteiger charge is -1.97. The van der Waals surface area contributed by atoms with Crippen molar-refractivity contribution in [2.75, 3.05) is 0 Å². The predicted octanol–water partition coefficient (Wildman–Crippen LogP) is 1.83. The van der Waals surface area contributed by atoms with Crippen LogP contribution < -0.4 is 0 Å². The summed E-state index contributed by atoms with van der Waals surface area (Å²) in [6.45, 7) is 1.47. The van der Waals surface area contributed by atoms with Crippen molar-refractivity contribution in [3.05, 3.63) is 36.1 Å². The topological polar surface area (TPSA) is 42.9 Å². The van der Waals surface area contributed by atoms with Crippen molar-refractivity contribution in [1.82, 2.24) is 9.97 Å². The molecule has 3 nitrogen and oxygen atoms in total. The predicted molar refractivity (Wildman–Crippen MR) is 49.5 cm³/mol. The summed E-state index contributed by atoms with van der Waals surface area (Å²) >= 11 is 0. The maximum Gasteiger partial charge on any atom is 0.159 e. The Morgan fingerprint density at radius 2 is 2.00 bits per heavy atom. The first-order valence-corrected chi connectivity index (χ1v) is 3.84. The van der Waals surface area contributed by atoms with E-state index in [0.717, 1.165) is 0 Å². The first-order valence-electron chi connectivity index (χ1n) is 4.84. The minimum atomic E-state index is -0.178. The fourth-order valence-electron chi connectivity index (χ4n) is 1.10. The number of carbonyl (C=O) groups excluding carboxylic acids is 1. The molecule has 0 atom stereocenters. The van der Waals surface area contributed by atoms with Crippen LogP contribution in [0.2, 0.25) is 0 Å². The van der Waals surface area contributed by atoms with Crippen molar-refractivity contribution >= 4 is 16.8 Å². The summed E-state index contributed by atoms with van der Waals surface area (Å²) in [4.78, 5) is 18.9. The van der Waals surface area contributed by atoms with Crippen LogP contribution in [0.3, 0.4) is 0 Å². The van der Waals surface area contributed by atoms with Crippen LogP contribution in [0.5, 0.6) is 0 Å². The molecule has 0 aliphatic heterocycles. The van der Waals surface area contributed by atoms with Crippen LogP contribution in [0.25, 0.3) is 11.0 Å². The number of rotatable bonds is 1. The Balaban J connectivity index is 2.72. The molecular weight excluding hydrogens is 164 g/mol. The molecule has 0 N–H and O–H groups in total. The number of hydrogen-bond donors (Lipinski definition) is 0. The highest BCUT2D eigenvalue weighted by Crippen LogP contribution is 2.10. The SMILES string of the molecule is [2H]c1nc2ccc(C(C)=O)cc2nc1[2H]. The van der Waals surface area contributed by atoms with Gasteiger partial charge in [0, 0.05) is 17.9 Å². The van der Waals surface area contributed by atoms with Crippen molar-refractivity contribution in [2.45, 2.75) is 6.92 Å². The second kappa shape index (κ2) is 2.94. The molecule has 13 heavy (non-hydrogen) atoms. The third-order valence-corrected chi connectivity index (χ3v) is 1.78. The van der Waals surface area contributed by atoms with Crippen LogP contribution in [-0.2, 0) is 0 Å². The molecule has 0 aliphatic rings. The Labute approximate surface area is 78.3 Å². The number of nitrogens with zero attached hydrogens (tertiary/aromatic N) is 2. The van der Waals surface area contributed by atoms with E-state index in [1.807, 2.05) is 0 Å². The zero-order chi connectivity index (χ0) is 11.0. The van der Waals surface area contributed by atoms with Crippen molar-refractivity contribution in [1.29, 1.82) is 0 Å². The summed E-state index contributed by atoms with van der Waals surface area (Å²) in [6, 6.07) is 4.86. The number of Topliss-reactive ketones (excluding diaryl/α,β-unsaturated/α-hetero) is 1. The van der Waals surface area contributed by atoms with Crippen LogP contribution in [0.1, 0.15) is 20.0 Å². The van der Waals surface area contributed by atoms with Crippen LogP contribution >= 0.6 is 0 Å². The molecule has 0 unspecified atom stereocenters. The zero-order valence-electron chi connectivity index (χ0n) is 9.03. The Hall–Kier alpha value is -1.77. The van der Waals surface area contributed by atoms with Crippen LogP contribution in [-0.4, -0.2) is 15.8 Å². The second-order valence-corrected chi connectivity index (χ2v) is 2.71. The zero-order valence-corrected chi connectivity index (χ0v) is 7.03. The summed E-state index contributed by atoms with van der Waals surface area (Å²) in [5.41, 5.74) is 1.54. The number of aromatic nitrogens is 2. The third kappa shape index (κ3) is 1.40. The van der Waals surface area contributed by atoms with Crippen LogP contribution in [0.15, 0.2) is 30.5 Å². The monoisotopic (exact) mass is 174 g/mol. The average molecular weight is 174 g/mol. The summed E-state index contributed by atoms with van der Waals surface area (Å²) in [5, 5.41) is 0. The molecule has 1 heterocycles. The van der Waals surface area contributed by atoms with E-state index in [1.54, 1.807) is 18.2 Å². The van der Waals surface area contributed by atoms with Gasteiger partial charge in [-0.25, -0.2) is 0 Å². The summed E-state index contributed by atoms with van der Waals surface area (Å²) in [5.74, 6) is -0.0554. The van der Waals surface area contributed by atoms with Gasteiger partial charge in [0.15, 0.2) is 5.78 Å². The third-order valence-electron chi connectivity index (χ3n) is 1.78. The molecule has 1 aromatic heterocycles. The Morgan fingerprint density at radius 1 is 1.31 bits per heavy atom. The lowest BCUT2D eigenvalue weighted by molar-refractivity contribution is 0.101. The van der Waals surface area contributed by atoms with E-state index in [1.165, 1.54) is 6.92 Å². The van der Waals surface area contributed by atoms with E-state index < -0.39 is 0 Å². The lowest BCUT2D eigenvalue weighted by Crippen LogP contribution is -1.92. The van der Waals surface area contributed by atoms with Crippen LogP contribution in [0.4, 0.5) is 0 Å². The molecule has 1 aromatic carbocycles. The first kappa shape index (κ1) is 5.80. The molecule has 0 saturated heterocycles. The fraction of sp³-hybridized carbons (Fsp3) is 0.100. The average Bonchev–Trinajstić information content (AvgIpc) is 2.19. The number of ketones is 1. The summed E-state index contributed by atoms with van der Waals surface area (Å²) in [6.07, 6.45) is -0.332. The van der Waals surface area contributed by atoms with Gasteiger partial charge >= 0.3 is 0 Å². The summed E-state index contributed by atoms with van der Waals surface area (Å²) in [7, 11) is 0. The Morgan fingerprint density at radius 3 is 2.69 bits per heavy atom. The molecule has 0 saturated carbocycles. The highest BCUT2D eigenvalue weighted by molar-refractivity contribution is 5.97. The molecule has 0 amide bonds. The molecule has 0 fully saturated rings. The molecule has 2 rings (SSSR count). The van der Waals surface area contributed by atoms with Gasteiger partial charge in [0.2, 0.25) is 0 Å². The molecule has 0 bridgehead atoms. The van der Waals surface area contributed by atoms with Crippen molar-refractivity contribution < 1.29 is 7.54 Å². The maximum absolute atomic E-state index is 11.1. The molecule has 0 spiro atoms. The highest BCUT2D eigenvalue weighted by atomic mass is 16.1. The minimum absolute atomic E-state index is 0.0554. The van der Waals surface area contributed by atoms with E-state index in [-0.39, 0.29) is 18.1 Å². The second-order valence-electron chi connectivity index (χ2n) is 2.71. The highest BCUT2D eigenvalue weighted by Gasteiger charge is 2.00. The smallest absolute Gasteiger partial charge is 0.159 e. The van der Waals surface area contributed by atoms with E-state index in [2.05, 4.69) is 9.97 Å². The minimum Gasteiger partial charge on any atom is -0.295 e. The van der Waals surface area contributed by atoms with Gasteiger partial charge in [-0.2, -0.15) is 0 Å². The molecule has 2 aromatic rings. The maximum atomic E-state index is 11.1. The van der Waals surface area contributed by atoms with Gasteiger partial charge in [0.05, 0.1) is 13.8 Å². The van der Waals surface area contributed by atoms with E-state index in [4.69, 9.17) is 2.74 Å². The summed E-state index contributed by atoms with van der Waals surface area (Å²) < 4.78 is 14.6. The van der Waals surface area contributed by atoms with Crippen LogP contribution in [0, 0.1) is 0 Å². The molecule has 64 valence electrons. The molecule has 0 radical (unpaired) electrons. The first-order chi connectivity index (χ1) is 7.08. The molecule has 0 aliphatic carbocycles. The largest absolute Gasteiger partial charge is 0.295 e. The molecular formula is C10H8N2O. The van der Waals surface area contributed by atoms with Gasteiger partial charge in [-0.05, 0) is 25.1 Å². The van der Waals surface area contributed by atoms with Gasteiger partial charge in [-0.1, -0.05) is 0 Å². The quantitative estimate of drug-likeness (QED) is 0.619. The van der Waals surface area contributed by atoms with Gasteiger partial charge in [-0.15, -0.1) is 0 Å². The molecule has 3 heteroatoms. The van der Waals surface area contributed by atoms with E-state index in [9.17, 15) is 4.79 Å². The Bertz CT molecular complexity index is 554. The standard InChI is InChI=1S/C10H8N2O/c1-7(13)8-2-3-9-10(6-8)12-5-4-11-9/h2-6H,1H3/i4D,5D.